The van der Waals surface area contributed by atoms with Crippen LogP contribution in [0.5, 0.6) is 0 Å². The Bertz CT molecular complexity index is 138. The summed E-state index contributed by atoms with van der Waals surface area (Å²) in [6, 6.07) is -0.0764. The van der Waals surface area contributed by atoms with Crippen molar-refractivity contribution < 1.29 is 9.53 Å². The van der Waals surface area contributed by atoms with Crippen LogP contribution >= 0.6 is 0 Å². The molecule has 0 aromatic heterocycles. The molecule has 1 heterocycles. The van der Waals surface area contributed by atoms with Gasteiger partial charge in [0.05, 0.1) is 13.0 Å². The lowest BCUT2D eigenvalue weighted by molar-refractivity contribution is -0.145. The van der Waals surface area contributed by atoms with Crippen molar-refractivity contribution in [3.8, 4) is 0 Å². The first-order chi connectivity index (χ1) is 4.75. The van der Waals surface area contributed by atoms with Gasteiger partial charge in [0.25, 0.3) is 0 Å². The number of rotatable bonds is 1. The van der Waals surface area contributed by atoms with Crippen LogP contribution in [0.2, 0.25) is 0 Å². The fraction of sp³-hybridized carbons (Fsp3) is 0.833. The molecule has 2 atom stereocenters. The van der Waals surface area contributed by atoms with Gasteiger partial charge >= 0.3 is 5.97 Å². The standard InChI is InChI=1S/C6H12N2O2/c1-10-6(9)4-2-8-3-5(4)7/h4-5,8H,2-3,7H2,1H3/t4-,5-/m0/s1. The van der Waals surface area contributed by atoms with Gasteiger partial charge in [-0.05, 0) is 0 Å². The van der Waals surface area contributed by atoms with E-state index in [9.17, 15) is 4.79 Å². The molecule has 1 fully saturated rings. The molecule has 0 amide bonds. The van der Waals surface area contributed by atoms with Gasteiger partial charge in [-0.1, -0.05) is 0 Å². The van der Waals surface area contributed by atoms with Crippen molar-refractivity contribution in [3.05, 3.63) is 0 Å². The fourth-order valence-corrected chi connectivity index (χ4v) is 1.11. The number of hydrogen-bond acceptors (Lipinski definition) is 4. The van der Waals surface area contributed by atoms with Crippen LogP contribution in [-0.4, -0.2) is 32.2 Å². The second-order valence-corrected chi connectivity index (χ2v) is 2.45. The van der Waals surface area contributed by atoms with E-state index in [1.165, 1.54) is 7.11 Å². The number of carbonyl (C=O) groups is 1. The maximum Gasteiger partial charge on any atom is 0.311 e. The summed E-state index contributed by atoms with van der Waals surface area (Å²) in [5.74, 6) is -0.359. The Morgan fingerprint density at radius 1 is 1.70 bits per heavy atom. The molecule has 3 N–H and O–H groups in total. The van der Waals surface area contributed by atoms with Crippen molar-refractivity contribution in [2.75, 3.05) is 20.2 Å². The van der Waals surface area contributed by atoms with Crippen molar-refractivity contribution in [2.45, 2.75) is 6.04 Å². The molecule has 10 heavy (non-hydrogen) atoms. The van der Waals surface area contributed by atoms with Gasteiger partial charge in [0, 0.05) is 19.1 Å². The molecule has 0 unspecified atom stereocenters. The van der Waals surface area contributed by atoms with E-state index in [2.05, 4.69) is 10.1 Å². The predicted octanol–water partition coefficient (Wildman–Crippen LogP) is -1.29. The number of carbonyl (C=O) groups excluding carboxylic acids is 1. The summed E-state index contributed by atoms with van der Waals surface area (Å²) in [7, 11) is 1.38. The molecule has 0 aliphatic carbocycles. The molecule has 0 saturated carbocycles. The minimum Gasteiger partial charge on any atom is -0.469 e. The first-order valence-electron chi connectivity index (χ1n) is 3.30. The normalized spacial score (nSPS) is 32.2. The van der Waals surface area contributed by atoms with Crippen LogP contribution in [0, 0.1) is 5.92 Å². The van der Waals surface area contributed by atoms with Gasteiger partial charge in [-0.15, -0.1) is 0 Å². The molecule has 0 bridgehead atoms. The SMILES string of the molecule is COC(=O)[C@H]1CNC[C@@H]1N. The maximum atomic E-state index is 10.9. The molecule has 0 aromatic rings. The van der Waals surface area contributed by atoms with Gasteiger partial charge in [-0.25, -0.2) is 0 Å². The monoisotopic (exact) mass is 144 g/mol. The van der Waals surface area contributed by atoms with E-state index in [0.29, 0.717) is 13.1 Å². The minimum atomic E-state index is -0.211. The Labute approximate surface area is 59.7 Å². The van der Waals surface area contributed by atoms with Gasteiger partial charge < -0.3 is 15.8 Å². The van der Waals surface area contributed by atoms with E-state index in [0.717, 1.165) is 0 Å². The Morgan fingerprint density at radius 2 is 2.40 bits per heavy atom. The molecule has 1 aliphatic rings. The lowest BCUT2D eigenvalue weighted by atomic mass is 10.1. The first kappa shape index (κ1) is 7.50. The molecular weight excluding hydrogens is 132 g/mol. The highest BCUT2D eigenvalue weighted by molar-refractivity contribution is 5.73. The lowest BCUT2D eigenvalue weighted by Crippen LogP contribution is -2.34. The van der Waals surface area contributed by atoms with Crippen LogP contribution < -0.4 is 11.1 Å². The van der Waals surface area contributed by atoms with Crippen molar-refractivity contribution >= 4 is 5.97 Å². The highest BCUT2D eigenvalue weighted by Gasteiger charge is 2.30. The summed E-state index contributed by atoms with van der Waals surface area (Å²) in [4.78, 5) is 10.9. The number of nitrogens with one attached hydrogen (secondary N) is 1. The highest BCUT2D eigenvalue weighted by Crippen LogP contribution is 2.07. The van der Waals surface area contributed by atoms with E-state index in [4.69, 9.17) is 5.73 Å². The van der Waals surface area contributed by atoms with Gasteiger partial charge in [0.2, 0.25) is 0 Å². The van der Waals surface area contributed by atoms with Gasteiger partial charge in [-0.2, -0.15) is 0 Å². The van der Waals surface area contributed by atoms with Crippen molar-refractivity contribution in [1.29, 1.82) is 0 Å². The molecule has 4 nitrogen and oxygen atoms in total. The zero-order valence-corrected chi connectivity index (χ0v) is 5.96. The Kier molecular flexibility index (Phi) is 2.24. The van der Waals surface area contributed by atoms with Crippen LogP contribution in [0.3, 0.4) is 0 Å². The van der Waals surface area contributed by atoms with Gasteiger partial charge in [0.1, 0.15) is 0 Å². The second-order valence-electron chi connectivity index (χ2n) is 2.45. The lowest BCUT2D eigenvalue weighted by Gasteiger charge is -2.09. The number of nitrogens with two attached hydrogens (primary N) is 1. The van der Waals surface area contributed by atoms with Crippen LogP contribution in [-0.2, 0) is 9.53 Å². The molecular formula is C6H12N2O2. The van der Waals surface area contributed by atoms with Gasteiger partial charge in [0.15, 0.2) is 0 Å². The third kappa shape index (κ3) is 1.27. The van der Waals surface area contributed by atoms with Crippen LogP contribution in [0.4, 0.5) is 0 Å². The van der Waals surface area contributed by atoms with E-state index < -0.39 is 0 Å². The summed E-state index contributed by atoms with van der Waals surface area (Å²) in [5.41, 5.74) is 5.59. The summed E-state index contributed by atoms with van der Waals surface area (Å²) in [6.45, 7) is 1.35. The number of esters is 1. The average molecular weight is 144 g/mol. The summed E-state index contributed by atoms with van der Waals surface area (Å²) in [6.07, 6.45) is 0. The van der Waals surface area contributed by atoms with E-state index in [-0.39, 0.29) is 17.9 Å². The zero-order valence-electron chi connectivity index (χ0n) is 5.96. The van der Waals surface area contributed by atoms with Gasteiger partial charge in [-0.3, -0.25) is 4.79 Å². The van der Waals surface area contributed by atoms with Crippen molar-refractivity contribution in [3.63, 3.8) is 0 Å². The summed E-state index contributed by atoms with van der Waals surface area (Å²) in [5, 5.41) is 3.01. The molecule has 0 aromatic carbocycles. The van der Waals surface area contributed by atoms with E-state index >= 15 is 0 Å². The molecule has 1 aliphatic heterocycles. The number of ether oxygens (including phenoxy) is 1. The Hall–Kier alpha value is -0.610. The Morgan fingerprint density at radius 3 is 2.80 bits per heavy atom. The second kappa shape index (κ2) is 2.98. The molecule has 0 spiro atoms. The van der Waals surface area contributed by atoms with Crippen molar-refractivity contribution in [2.24, 2.45) is 11.7 Å². The third-order valence-corrected chi connectivity index (χ3v) is 1.77. The minimum absolute atomic E-state index is 0.0764. The van der Waals surface area contributed by atoms with Crippen molar-refractivity contribution in [1.82, 2.24) is 5.32 Å². The predicted molar refractivity (Wildman–Crippen MR) is 36.4 cm³/mol. The Balaban J connectivity index is 2.46. The summed E-state index contributed by atoms with van der Waals surface area (Å²) >= 11 is 0. The highest BCUT2D eigenvalue weighted by atomic mass is 16.5. The van der Waals surface area contributed by atoms with Crippen LogP contribution in [0.25, 0.3) is 0 Å². The number of hydrogen-bond donors (Lipinski definition) is 2. The maximum absolute atomic E-state index is 10.9. The van der Waals surface area contributed by atoms with E-state index in [1.807, 2.05) is 0 Å². The smallest absolute Gasteiger partial charge is 0.311 e. The molecule has 1 saturated heterocycles. The van der Waals surface area contributed by atoms with Crippen LogP contribution in [0.1, 0.15) is 0 Å². The zero-order chi connectivity index (χ0) is 7.56. The van der Waals surface area contributed by atoms with Crippen LogP contribution in [0.15, 0.2) is 0 Å². The fourth-order valence-electron chi connectivity index (χ4n) is 1.11. The molecule has 4 heteroatoms. The largest absolute Gasteiger partial charge is 0.469 e. The topological polar surface area (TPSA) is 64.3 Å². The van der Waals surface area contributed by atoms with E-state index in [1.54, 1.807) is 0 Å². The molecule has 0 radical (unpaired) electrons. The average Bonchev–Trinajstić information content (AvgIpc) is 2.34. The first-order valence-corrected chi connectivity index (χ1v) is 3.30. The summed E-state index contributed by atoms with van der Waals surface area (Å²) < 4.78 is 4.55. The number of methoxy groups -OCH3 is 1. The molecule has 58 valence electrons. The quantitative estimate of drug-likeness (QED) is 0.449. The third-order valence-electron chi connectivity index (χ3n) is 1.77. The molecule has 1 rings (SSSR count).